The molecule has 1 N–H and O–H groups in total. The van der Waals surface area contributed by atoms with Gasteiger partial charge in [0.15, 0.2) is 0 Å². The van der Waals surface area contributed by atoms with Gasteiger partial charge in [0.1, 0.15) is 0 Å². The summed E-state index contributed by atoms with van der Waals surface area (Å²) < 4.78 is 1.87. The molecule has 1 aliphatic carbocycles. The number of carbonyl (C=O) groups is 1. The molecule has 0 aromatic carbocycles. The highest BCUT2D eigenvalue weighted by molar-refractivity contribution is 9.12. The van der Waals surface area contributed by atoms with Crippen LogP contribution in [0.25, 0.3) is 0 Å². The molecule has 1 aliphatic rings. The number of amides is 1. The van der Waals surface area contributed by atoms with Gasteiger partial charge in [0.2, 0.25) is 0 Å². The van der Waals surface area contributed by atoms with Gasteiger partial charge in [0.05, 0.1) is 13.1 Å². The first-order valence-electron chi connectivity index (χ1n) is 5.37. The van der Waals surface area contributed by atoms with E-state index in [1.807, 2.05) is 6.07 Å². The highest BCUT2D eigenvalue weighted by atomic mass is 79.9. The summed E-state index contributed by atoms with van der Waals surface area (Å²) in [7, 11) is 0. The summed E-state index contributed by atoms with van der Waals surface area (Å²) in [6, 6.07) is 2.26. The topological polar surface area (TPSA) is 29.1 Å². The van der Waals surface area contributed by atoms with E-state index in [1.165, 1.54) is 24.2 Å². The lowest BCUT2D eigenvalue weighted by Crippen LogP contribution is -2.26. The zero-order valence-corrected chi connectivity index (χ0v) is 12.9. The van der Waals surface area contributed by atoms with Crippen molar-refractivity contribution in [2.45, 2.75) is 32.2 Å². The van der Waals surface area contributed by atoms with Gasteiger partial charge < -0.3 is 5.32 Å². The number of hydrogen-bond donors (Lipinski definition) is 1. The third-order valence-electron chi connectivity index (χ3n) is 2.80. The maximum absolute atomic E-state index is 11.9. The Morgan fingerprint density at radius 2 is 2.38 bits per heavy atom. The second-order valence-corrected chi connectivity index (χ2v) is 7.85. The lowest BCUT2D eigenvalue weighted by Gasteiger charge is -2.02. The van der Waals surface area contributed by atoms with E-state index in [-0.39, 0.29) is 5.91 Å². The number of carbonyl (C=O) groups excluding carboxylic acids is 1. The third kappa shape index (κ3) is 2.87. The van der Waals surface area contributed by atoms with E-state index in [4.69, 9.17) is 0 Å². The number of thiophene rings is 1. The molecule has 2 unspecified atom stereocenters. The maximum atomic E-state index is 11.9. The molecule has 0 saturated heterocycles. The fraction of sp³-hybridized carbons (Fsp3) is 0.545. The first-order chi connectivity index (χ1) is 7.61. The Morgan fingerprint density at radius 3 is 2.94 bits per heavy atom. The average molecular weight is 367 g/mol. The predicted octanol–water partition coefficient (Wildman–Crippen LogP) is 4.19. The lowest BCUT2D eigenvalue weighted by atomic mass is 10.2. The lowest BCUT2D eigenvalue weighted by molar-refractivity contribution is 0.0948. The van der Waals surface area contributed by atoms with Gasteiger partial charge in [-0.25, -0.2) is 0 Å². The smallest absolute Gasteiger partial charge is 0.253 e. The Kier molecular flexibility index (Phi) is 4.08. The molecule has 2 nitrogen and oxygen atoms in total. The monoisotopic (exact) mass is 365 g/mol. The highest BCUT2D eigenvalue weighted by Crippen LogP contribution is 2.36. The summed E-state index contributed by atoms with van der Waals surface area (Å²) in [4.78, 5) is 11.9. The summed E-state index contributed by atoms with van der Waals surface area (Å²) in [6.07, 6.45) is 3.56. The first kappa shape index (κ1) is 12.6. The number of halogens is 2. The van der Waals surface area contributed by atoms with Crippen LogP contribution in [-0.2, 0) is 0 Å². The van der Waals surface area contributed by atoms with Crippen LogP contribution in [0.5, 0.6) is 0 Å². The predicted molar refractivity (Wildman–Crippen MR) is 74.0 cm³/mol. The molecule has 1 aromatic rings. The molecule has 2 atom stereocenters. The van der Waals surface area contributed by atoms with Crippen LogP contribution in [0.15, 0.2) is 13.6 Å². The van der Waals surface area contributed by atoms with E-state index >= 15 is 0 Å². The largest absolute Gasteiger partial charge is 0.349 e. The molecular weight excluding hydrogens is 354 g/mol. The maximum Gasteiger partial charge on any atom is 0.253 e. The van der Waals surface area contributed by atoms with Crippen LogP contribution in [0.2, 0.25) is 0 Å². The summed E-state index contributed by atoms with van der Waals surface area (Å²) in [5.41, 5.74) is 0.735. The van der Waals surface area contributed by atoms with Crippen molar-refractivity contribution in [2.24, 2.45) is 5.92 Å². The van der Waals surface area contributed by atoms with Crippen LogP contribution in [0, 0.1) is 5.92 Å². The molecule has 1 aromatic heterocycles. The fourth-order valence-electron chi connectivity index (χ4n) is 1.86. The number of nitrogens with one attached hydrogen (secondary N) is 1. The Hall–Kier alpha value is 0.130. The van der Waals surface area contributed by atoms with Crippen LogP contribution >= 0.6 is 43.2 Å². The molecule has 1 amide bonds. The first-order valence-corrected chi connectivity index (χ1v) is 7.77. The molecule has 5 heteroatoms. The highest BCUT2D eigenvalue weighted by Gasteiger charge is 2.37. The average Bonchev–Trinajstić information content (AvgIpc) is 2.83. The zero-order chi connectivity index (χ0) is 11.7. The Balaban J connectivity index is 1.92. The minimum Gasteiger partial charge on any atom is -0.349 e. The molecule has 1 heterocycles. The molecular formula is C11H13Br2NOS. The van der Waals surface area contributed by atoms with E-state index < -0.39 is 0 Å². The van der Waals surface area contributed by atoms with Crippen molar-refractivity contribution < 1.29 is 4.79 Å². The van der Waals surface area contributed by atoms with Gasteiger partial charge in [0, 0.05) is 6.04 Å². The second kappa shape index (κ2) is 5.19. The van der Waals surface area contributed by atoms with E-state index in [2.05, 4.69) is 44.1 Å². The summed E-state index contributed by atoms with van der Waals surface area (Å²) in [6.45, 7) is 2.18. The van der Waals surface area contributed by atoms with Gasteiger partial charge in [-0.1, -0.05) is 13.3 Å². The Morgan fingerprint density at radius 1 is 1.62 bits per heavy atom. The van der Waals surface area contributed by atoms with Crippen LogP contribution in [0.1, 0.15) is 36.5 Å². The van der Waals surface area contributed by atoms with Crippen molar-refractivity contribution in [3.8, 4) is 0 Å². The van der Waals surface area contributed by atoms with Gasteiger partial charge in [-0.05, 0) is 56.7 Å². The zero-order valence-electron chi connectivity index (χ0n) is 8.93. The van der Waals surface area contributed by atoms with E-state index in [0.29, 0.717) is 12.0 Å². The molecule has 1 saturated carbocycles. The normalized spacial score (nSPS) is 23.2. The molecule has 0 spiro atoms. The van der Waals surface area contributed by atoms with Crippen LogP contribution in [0.4, 0.5) is 0 Å². The Labute approximate surface area is 116 Å². The molecule has 2 rings (SSSR count). The van der Waals surface area contributed by atoms with Crippen molar-refractivity contribution in [2.75, 3.05) is 0 Å². The third-order valence-corrected chi connectivity index (χ3v) is 5.14. The molecule has 0 aliphatic heterocycles. The van der Waals surface area contributed by atoms with Gasteiger partial charge in [-0.2, -0.15) is 0 Å². The van der Waals surface area contributed by atoms with Crippen LogP contribution in [-0.4, -0.2) is 11.9 Å². The van der Waals surface area contributed by atoms with E-state index in [0.717, 1.165) is 19.6 Å². The van der Waals surface area contributed by atoms with Crippen molar-refractivity contribution in [1.82, 2.24) is 5.32 Å². The minimum absolute atomic E-state index is 0.0393. The number of hydrogen-bond acceptors (Lipinski definition) is 2. The molecule has 0 bridgehead atoms. The second-order valence-electron chi connectivity index (χ2n) is 4.10. The summed E-state index contributed by atoms with van der Waals surface area (Å²) in [5.74, 6) is 0.743. The quantitative estimate of drug-likeness (QED) is 0.850. The Bertz CT molecular complexity index is 405. The standard InChI is InChI=1S/C11H13Br2NOS/c1-2-3-6-4-8(6)14-11(15)7-5-9(12)16-10(7)13/h5-6,8H,2-4H2,1H3,(H,14,15). The van der Waals surface area contributed by atoms with E-state index in [9.17, 15) is 4.79 Å². The van der Waals surface area contributed by atoms with Crippen LogP contribution in [0.3, 0.4) is 0 Å². The minimum atomic E-state index is 0.0393. The van der Waals surface area contributed by atoms with Crippen LogP contribution < -0.4 is 5.32 Å². The molecule has 16 heavy (non-hydrogen) atoms. The fourth-order valence-corrected chi connectivity index (χ4v) is 4.65. The van der Waals surface area contributed by atoms with Gasteiger partial charge in [-0.15, -0.1) is 11.3 Å². The van der Waals surface area contributed by atoms with Gasteiger partial charge in [-0.3, -0.25) is 4.79 Å². The molecule has 88 valence electrons. The molecule has 1 fully saturated rings. The van der Waals surface area contributed by atoms with Gasteiger partial charge >= 0.3 is 0 Å². The SMILES string of the molecule is CCCC1CC1NC(=O)c1cc(Br)sc1Br. The van der Waals surface area contributed by atoms with Crippen molar-refractivity contribution in [3.05, 3.63) is 19.2 Å². The summed E-state index contributed by atoms with van der Waals surface area (Å²) in [5, 5.41) is 3.08. The molecule has 0 radical (unpaired) electrons. The summed E-state index contributed by atoms with van der Waals surface area (Å²) >= 11 is 8.31. The van der Waals surface area contributed by atoms with Crippen molar-refractivity contribution >= 4 is 49.1 Å². The van der Waals surface area contributed by atoms with Crippen molar-refractivity contribution in [1.29, 1.82) is 0 Å². The van der Waals surface area contributed by atoms with Crippen molar-refractivity contribution in [3.63, 3.8) is 0 Å². The van der Waals surface area contributed by atoms with E-state index in [1.54, 1.807) is 0 Å². The number of rotatable bonds is 4. The van der Waals surface area contributed by atoms with Gasteiger partial charge in [0.25, 0.3) is 5.91 Å².